The van der Waals surface area contributed by atoms with E-state index in [1.54, 1.807) is 12.0 Å². The van der Waals surface area contributed by atoms with Crippen LogP contribution in [-0.4, -0.2) is 18.8 Å². The number of hydrogen-bond acceptors (Lipinski definition) is 3. The molecule has 26 heavy (non-hydrogen) atoms. The molecule has 0 fully saturated rings. The zero-order valence-corrected chi connectivity index (χ0v) is 14.8. The van der Waals surface area contributed by atoms with E-state index in [1.807, 2.05) is 54.6 Å². The Morgan fingerprint density at radius 2 is 1.69 bits per heavy atom. The number of hydrogen-bond donors (Lipinski definition) is 0. The van der Waals surface area contributed by atoms with E-state index in [0.29, 0.717) is 12.8 Å². The molecule has 1 aliphatic heterocycles. The van der Waals surface area contributed by atoms with Gasteiger partial charge in [0.25, 0.3) is 0 Å². The summed E-state index contributed by atoms with van der Waals surface area (Å²) in [5, 5.41) is 0. The summed E-state index contributed by atoms with van der Waals surface area (Å²) in [4.78, 5) is 27.6. The molecule has 0 N–H and O–H groups in total. The lowest BCUT2D eigenvalue weighted by atomic mass is 9.77. The second kappa shape index (κ2) is 6.79. The van der Waals surface area contributed by atoms with Gasteiger partial charge in [0.05, 0.1) is 7.11 Å². The number of benzene rings is 2. The van der Waals surface area contributed by atoms with Crippen LogP contribution in [0.15, 0.2) is 65.9 Å². The number of ether oxygens (including phenoxy) is 1. The fourth-order valence-corrected chi connectivity index (χ4v) is 3.99. The van der Waals surface area contributed by atoms with Crippen molar-refractivity contribution < 1.29 is 14.3 Å². The second-order valence-corrected chi connectivity index (χ2v) is 6.73. The first-order valence-corrected chi connectivity index (χ1v) is 8.97. The maximum atomic E-state index is 13.0. The number of amides is 1. The zero-order valence-electron chi connectivity index (χ0n) is 14.8. The number of nitrogens with zero attached hydrogens (tertiary/aromatic N) is 1. The molecule has 0 saturated heterocycles. The minimum atomic E-state index is -0.170. The van der Waals surface area contributed by atoms with Gasteiger partial charge in [-0.2, -0.15) is 0 Å². The van der Waals surface area contributed by atoms with Crippen LogP contribution in [0.3, 0.4) is 0 Å². The van der Waals surface area contributed by atoms with Crippen molar-refractivity contribution in [3.63, 3.8) is 0 Å². The normalized spacial score (nSPS) is 20.2. The Labute approximate surface area is 153 Å². The van der Waals surface area contributed by atoms with Gasteiger partial charge in [-0.05, 0) is 42.7 Å². The number of methoxy groups -OCH3 is 1. The van der Waals surface area contributed by atoms with Gasteiger partial charge in [-0.15, -0.1) is 0 Å². The summed E-state index contributed by atoms with van der Waals surface area (Å²) in [6.45, 7) is 0. The van der Waals surface area contributed by atoms with E-state index in [-0.39, 0.29) is 17.6 Å². The summed E-state index contributed by atoms with van der Waals surface area (Å²) >= 11 is 0. The summed E-state index contributed by atoms with van der Waals surface area (Å²) < 4.78 is 5.23. The first-order valence-electron chi connectivity index (χ1n) is 8.97. The van der Waals surface area contributed by atoms with Crippen LogP contribution in [0, 0.1) is 0 Å². The van der Waals surface area contributed by atoms with Crippen LogP contribution in [-0.2, 0) is 9.59 Å². The van der Waals surface area contributed by atoms with Gasteiger partial charge >= 0.3 is 0 Å². The second-order valence-electron chi connectivity index (χ2n) is 6.73. The predicted molar refractivity (Wildman–Crippen MR) is 100 cm³/mol. The highest BCUT2D eigenvalue weighted by atomic mass is 16.5. The molecule has 1 aliphatic carbocycles. The average Bonchev–Trinajstić information content (AvgIpc) is 2.68. The lowest BCUT2D eigenvalue weighted by Gasteiger charge is -2.38. The number of allylic oxidation sites excluding steroid dienone is 2. The molecule has 4 rings (SSSR count). The molecule has 0 bridgehead atoms. The molecule has 132 valence electrons. The highest BCUT2D eigenvalue weighted by Crippen LogP contribution is 2.43. The first kappa shape index (κ1) is 16.6. The third-order valence-corrected chi connectivity index (χ3v) is 5.21. The fourth-order valence-electron chi connectivity index (χ4n) is 3.99. The van der Waals surface area contributed by atoms with Crippen LogP contribution < -0.4 is 9.64 Å². The molecule has 1 atom stereocenters. The minimum Gasteiger partial charge on any atom is -0.497 e. The lowest BCUT2D eigenvalue weighted by Crippen LogP contribution is -2.40. The molecule has 0 saturated carbocycles. The molecular formula is C22H21NO3. The summed E-state index contributed by atoms with van der Waals surface area (Å²) in [6.07, 6.45) is 2.42. The molecular weight excluding hydrogens is 326 g/mol. The Morgan fingerprint density at radius 1 is 0.962 bits per heavy atom. The highest BCUT2D eigenvalue weighted by molar-refractivity contribution is 6.07. The quantitative estimate of drug-likeness (QED) is 0.835. The minimum absolute atomic E-state index is 0.0467. The smallest absolute Gasteiger partial charge is 0.232 e. The summed E-state index contributed by atoms with van der Waals surface area (Å²) in [5.74, 6) is 0.813. The number of Topliss-reactive ketones (excluding diaryl/α,β-unsaturated/α-hetero) is 1. The Morgan fingerprint density at radius 3 is 2.38 bits per heavy atom. The van der Waals surface area contributed by atoms with E-state index in [2.05, 4.69) is 0 Å². The Balaban J connectivity index is 1.82. The van der Waals surface area contributed by atoms with Gasteiger partial charge in [-0.25, -0.2) is 0 Å². The van der Waals surface area contributed by atoms with Crippen LogP contribution in [0.2, 0.25) is 0 Å². The molecule has 2 aromatic rings. The van der Waals surface area contributed by atoms with Gasteiger partial charge in [-0.1, -0.05) is 30.3 Å². The first-order chi connectivity index (χ1) is 12.7. The monoisotopic (exact) mass is 347 g/mol. The van der Waals surface area contributed by atoms with E-state index < -0.39 is 0 Å². The van der Waals surface area contributed by atoms with Gasteiger partial charge in [0.15, 0.2) is 5.78 Å². The van der Waals surface area contributed by atoms with Gasteiger partial charge in [0.1, 0.15) is 5.75 Å². The number of anilines is 1. The van der Waals surface area contributed by atoms with Crippen molar-refractivity contribution in [1.82, 2.24) is 0 Å². The van der Waals surface area contributed by atoms with Crippen molar-refractivity contribution in [1.29, 1.82) is 0 Å². The standard InChI is InChI=1S/C22H21NO3/c1-26-17-12-10-15(11-13-17)18-14-21(25)23(16-6-3-2-4-7-16)19-8-5-9-20(24)22(18)19/h2-4,6-7,10-13,18H,5,8-9,14H2,1H3/t18-/m1/s1. The van der Waals surface area contributed by atoms with Crippen LogP contribution in [0.5, 0.6) is 5.75 Å². The van der Waals surface area contributed by atoms with Crippen LogP contribution in [0.1, 0.15) is 37.2 Å². The topological polar surface area (TPSA) is 46.6 Å². The van der Waals surface area contributed by atoms with Gasteiger partial charge in [-0.3, -0.25) is 14.5 Å². The van der Waals surface area contributed by atoms with Gasteiger partial charge in [0.2, 0.25) is 5.91 Å². The van der Waals surface area contributed by atoms with Crippen molar-refractivity contribution in [3.05, 3.63) is 71.4 Å². The molecule has 0 unspecified atom stereocenters. The predicted octanol–water partition coefficient (Wildman–Crippen LogP) is 4.22. The number of para-hydroxylation sites is 1. The molecule has 4 nitrogen and oxygen atoms in total. The summed E-state index contributed by atoms with van der Waals surface area (Å²) in [5.41, 5.74) is 3.52. The van der Waals surface area contributed by atoms with Gasteiger partial charge < -0.3 is 4.74 Å². The Bertz CT molecular complexity index is 868. The maximum absolute atomic E-state index is 13.0. The van der Waals surface area contributed by atoms with E-state index in [1.165, 1.54) is 0 Å². The van der Waals surface area contributed by atoms with Crippen molar-refractivity contribution in [2.45, 2.75) is 31.6 Å². The number of carbonyl (C=O) groups is 2. The lowest BCUT2D eigenvalue weighted by molar-refractivity contribution is -0.119. The SMILES string of the molecule is COc1ccc([C@H]2CC(=O)N(c3ccccc3)C3=C2C(=O)CCC3)cc1. The molecule has 0 spiro atoms. The van der Waals surface area contributed by atoms with Crippen LogP contribution >= 0.6 is 0 Å². The van der Waals surface area contributed by atoms with Crippen molar-refractivity contribution in [3.8, 4) is 5.75 Å². The average molecular weight is 347 g/mol. The number of rotatable bonds is 3. The zero-order chi connectivity index (χ0) is 18.1. The fraction of sp³-hybridized carbons (Fsp3) is 0.273. The van der Waals surface area contributed by atoms with Crippen molar-refractivity contribution in [2.75, 3.05) is 12.0 Å². The maximum Gasteiger partial charge on any atom is 0.232 e. The van der Waals surface area contributed by atoms with E-state index in [9.17, 15) is 9.59 Å². The van der Waals surface area contributed by atoms with Crippen molar-refractivity contribution >= 4 is 17.4 Å². The Hall–Kier alpha value is -2.88. The number of carbonyl (C=O) groups excluding carboxylic acids is 2. The molecule has 1 heterocycles. The summed E-state index contributed by atoms with van der Waals surface area (Å²) in [7, 11) is 1.63. The largest absolute Gasteiger partial charge is 0.497 e. The molecule has 1 amide bonds. The molecule has 4 heteroatoms. The van der Waals surface area contributed by atoms with E-state index in [4.69, 9.17) is 4.74 Å². The van der Waals surface area contributed by atoms with Crippen molar-refractivity contribution in [2.24, 2.45) is 0 Å². The highest BCUT2D eigenvalue weighted by Gasteiger charge is 2.39. The molecule has 2 aliphatic rings. The molecule has 0 radical (unpaired) electrons. The summed E-state index contributed by atoms with van der Waals surface area (Å²) in [6, 6.07) is 17.3. The third-order valence-electron chi connectivity index (χ3n) is 5.21. The van der Waals surface area contributed by atoms with Gasteiger partial charge in [0, 0.05) is 35.7 Å². The number of ketones is 1. The van der Waals surface area contributed by atoms with Crippen LogP contribution in [0.25, 0.3) is 0 Å². The van der Waals surface area contributed by atoms with E-state index in [0.717, 1.165) is 41.1 Å². The van der Waals surface area contributed by atoms with Crippen LogP contribution in [0.4, 0.5) is 5.69 Å². The van der Waals surface area contributed by atoms with E-state index >= 15 is 0 Å². The Kier molecular flexibility index (Phi) is 4.33. The molecule has 0 aromatic heterocycles. The molecule has 2 aromatic carbocycles. The third kappa shape index (κ3) is 2.81.